The lowest BCUT2D eigenvalue weighted by Gasteiger charge is -2.27. The average Bonchev–Trinajstić information content (AvgIpc) is 3.07. The molecule has 1 aromatic carbocycles. The lowest BCUT2D eigenvalue weighted by atomic mass is 9.92. The van der Waals surface area contributed by atoms with Crippen molar-refractivity contribution < 1.29 is 22.9 Å². The highest BCUT2D eigenvalue weighted by Gasteiger charge is 2.41. The molecule has 180 valence electrons. The number of pyridine rings is 1. The average molecular weight is 478 g/mol. The number of hydrogen-bond acceptors (Lipinski definition) is 1. The number of hydrogen-bond donors (Lipinski definition) is 1. The second-order valence-electron chi connectivity index (χ2n) is 9.03. The van der Waals surface area contributed by atoms with Crippen LogP contribution in [0.3, 0.4) is 0 Å². The van der Waals surface area contributed by atoms with E-state index in [2.05, 4.69) is 16.9 Å². The molecule has 0 radical (unpaired) electrons. The van der Waals surface area contributed by atoms with Gasteiger partial charge in [0.15, 0.2) is 0 Å². The lowest BCUT2D eigenvalue weighted by molar-refractivity contribution is -0.386. The van der Waals surface area contributed by atoms with E-state index in [1.807, 2.05) is 24.3 Å². The molecule has 0 fully saturated rings. The molecule has 0 bridgehead atoms. The molecule has 2 aliphatic carbocycles. The molecule has 2 N–H and O–H groups in total. The number of alkyl halides is 3. The van der Waals surface area contributed by atoms with Crippen LogP contribution in [0.15, 0.2) is 85.5 Å². The first-order valence-electron chi connectivity index (χ1n) is 11.6. The number of rotatable bonds is 7. The van der Waals surface area contributed by atoms with E-state index in [0.717, 1.165) is 17.2 Å². The fourth-order valence-corrected chi connectivity index (χ4v) is 4.27. The van der Waals surface area contributed by atoms with Crippen LogP contribution in [0.5, 0.6) is 0 Å². The molecule has 0 saturated carbocycles. The topological polar surface area (TPSA) is 43.2 Å². The number of benzene rings is 1. The van der Waals surface area contributed by atoms with Gasteiger partial charge in [-0.25, -0.2) is 13.2 Å². The van der Waals surface area contributed by atoms with Gasteiger partial charge in [-0.3, -0.25) is 4.79 Å². The van der Waals surface area contributed by atoms with Gasteiger partial charge < -0.3 is 5.32 Å². The molecule has 2 aliphatic rings. The van der Waals surface area contributed by atoms with E-state index in [9.17, 15) is 9.18 Å². The van der Waals surface area contributed by atoms with E-state index >= 15 is 8.78 Å². The number of H-pyrrole nitrogens is 1. The number of aromatic amines is 1. The van der Waals surface area contributed by atoms with Crippen molar-refractivity contribution in [3.05, 3.63) is 114 Å². The Morgan fingerprint density at radius 1 is 1.26 bits per heavy atom. The van der Waals surface area contributed by atoms with Crippen LogP contribution in [0.2, 0.25) is 0 Å². The van der Waals surface area contributed by atoms with Crippen LogP contribution in [0, 0.1) is 0 Å². The number of fused-ring (bicyclic) bond motifs is 1. The summed E-state index contributed by atoms with van der Waals surface area (Å²) in [5, 5.41) is 2.57. The Morgan fingerprint density at radius 2 is 2.03 bits per heavy atom. The van der Waals surface area contributed by atoms with E-state index in [-0.39, 0.29) is 12.1 Å². The molecule has 35 heavy (non-hydrogen) atoms. The molecular formula is C29H28F3N2O+. The minimum atomic E-state index is -3.25. The highest BCUT2D eigenvalue weighted by molar-refractivity contribution is 5.95. The number of halogens is 3. The normalized spacial score (nSPS) is 19.9. The van der Waals surface area contributed by atoms with Crippen molar-refractivity contribution in [3.63, 3.8) is 0 Å². The van der Waals surface area contributed by atoms with E-state index in [1.165, 1.54) is 13.0 Å². The van der Waals surface area contributed by atoms with Crippen LogP contribution in [-0.4, -0.2) is 17.5 Å². The number of amides is 1. The molecule has 1 aromatic heterocycles. The minimum Gasteiger partial charge on any atom is -0.334 e. The number of carbonyl (C=O) groups excluding carboxylic acids is 1. The number of nitrogens with one attached hydrogen (secondary N) is 2. The van der Waals surface area contributed by atoms with Gasteiger partial charge in [0.2, 0.25) is 5.69 Å². The minimum absolute atomic E-state index is 0.177. The quantitative estimate of drug-likeness (QED) is 0.462. The summed E-state index contributed by atoms with van der Waals surface area (Å²) in [6.45, 7) is 4.95. The van der Waals surface area contributed by atoms with Gasteiger partial charge >= 0.3 is 5.91 Å². The molecular weight excluding hydrogens is 449 g/mol. The molecule has 3 nitrogen and oxygen atoms in total. The van der Waals surface area contributed by atoms with Crippen molar-refractivity contribution in [3.8, 4) is 0 Å². The van der Waals surface area contributed by atoms with Gasteiger partial charge in [0.1, 0.15) is 11.7 Å². The first-order chi connectivity index (χ1) is 16.7. The summed E-state index contributed by atoms with van der Waals surface area (Å²) in [6.07, 6.45) is 13.7. The Morgan fingerprint density at radius 3 is 2.71 bits per heavy atom. The summed E-state index contributed by atoms with van der Waals surface area (Å²) in [4.78, 5) is 16.7. The summed E-state index contributed by atoms with van der Waals surface area (Å²) < 4.78 is 44.5. The maximum atomic E-state index is 15.1. The molecule has 1 amide bonds. The van der Waals surface area contributed by atoms with E-state index in [4.69, 9.17) is 0 Å². The summed E-state index contributed by atoms with van der Waals surface area (Å²) in [5.74, 6) is -3.90. The van der Waals surface area contributed by atoms with Crippen LogP contribution in [0.4, 0.5) is 13.2 Å². The molecule has 0 spiro atoms. The highest BCUT2D eigenvalue weighted by atomic mass is 19.3. The zero-order valence-electron chi connectivity index (χ0n) is 19.5. The Bertz CT molecular complexity index is 1240. The van der Waals surface area contributed by atoms with E-state index < -0.39 is 30.0 Å². The van der Waals surface area contributed by atoms with Crippen molar-refractivity contribution >= 4 is 17.6 Å². The number of carbonyl (C=O) groups is 1. The van der Waals surface area contributed by atoms with Gasteiger partial charge in [-0.1, -0.05) is 60.7 Å². The molecule has 0 saturated heterocycles. The van der Waals surface area contributed by atoms with Crippen molar-refractivity contribution in [2.24, 2.45) is 0 Å². The number of aromatic nitrogens is 1. The van der Waals surface area contributed by atoms with Gasteiger partial charge in [-0.15, -0.1) is 6.58 Å². The summed E-state index contributed by atoms with van der Waals surface area (Å²) in [6, 6.07) is 8.56. The summed E-state index contributed by atoms with van der Waals surface area (Å²) in [5.41, 5.74) is 1.91. The van der Waals surface area contributed by atoms with Gasteiger partial charge in [0, 0.05) is 24.5 Å². The Hall–Kier alpha value is -3.67. The fraction of sp³-hybridized carbons (Fsp3) is 0.241. The van der Waals surface area contributed by atoms with Gasteiger partial charge in [0.05, 0.1) is 5.56 Å². The Kier molecular flexibility index (Phi) is 6.92. The molecule has 2 unspecified atom stereocenters. The maximum absolute atomic E-state index is 15.1. The molecule has 4 rings (SSSR count). The fourth-order valence-electron chi connectivity index (χ4n) is 4.27. The largest absolute Gasteiger partial charge is 0.334 e. The predicted molar refractivity (Wildman–Crippen MR) is 133 cm³/mol. The van der Waals surface area contributed by atoms with Crippen LogP contribution in [0.25, 0.3) is 11.6 Å². The molecule has 2 aromatic rings. The third-order valence-electron chi connectivity index (χ3n) is 6.16. The van der Waals surface area contributed by atoms with Gasteiger partial charge in [-0.2, -0.15) is 4.98 Å². The van der Waals surface area contributed by atoms with Crippen molar-refractivity contribution in [2.45, 2.75) is 43.8 Å². The lowest BCUT2D eigenvalue weighted by Crippen LogP contribution is -2.43. The predicted octanol–water partition coefficient (Wildman–Crippen LogP) is 6.38. The van der Waals surface area contributed by atoms with Crippen LogP contribution >= 0.6 is 0 Å². The second-order valence-corrected chi connectivity index (χ2v) is 9.03. The molecule has 2 atom stereocenters. The zero-order chi connectivity index (χ0) is 25.1. The standard InChI is InChI=1S/C29H27F3N2O/c1-3-16-29(31,32)26(21-10-6-4-7-11-21)34-27(35)25-23-13-9-5-8-12-22(23)19-24(33-25)20-14-17-28(2,30)18-15-20/h3-11,13-15,17,19,26H,1,12,16,18H2,2H3,(H,34,35)/p+1. The third kappa shape index (κ3) is 5.53. The summed E-state index contributed by atoms with van der Waals surface area (Å²) in [7, 11) is 0. The first-order valence-corrected chi connectivity index (χ1v) is 11.6. The van der Waals surface area contributed by atoms with E-state index in [0.29, 0.717) is 23.2 Å². The monoisotopic (exact) mass is 477 g/mol. The van der Waals surface area contributed by atoms with Crippen LogP contribution < -0.4 is 10.3 Å². The van der Waals surface area contributed by atoms with Gasteiger partial charge in [-0.05, 0) is 42.7 Å². The Balaban J connectivity index is 1.76. The SMILES string of the molecule is C=CCC(F)(F)C(NC(=O)c1[nH+]c(C2=CCC(C)(F)C=C2)cc2c1C=CC=CC2)c1ccccc1. The van der Waals surface area contributed by atoms with E-state index in [1.54, 1.807) is 48.6 Å². The van der Waals surface area contributed by atoms with Crippen molar-refractivity contribution in [1.29, 1.82) is 0 Å². The Labute approximate surface area is 203 Å². The molecule has 6 heteroatoms. The van der Waals surface area contributed by atoms with Crippen LogP contribution in [0.1, 0.15) is 58.7 Å². The second kappa shape index (κ2) is 9.90. The number of allylic oxidation sites excluding steroid dienone is 8. The van der Waals surface area contributed by atoms with Crippen molar-refractivity contribution in [1.82, 2.24) is 5.32 Å². The summed E-state index contributed by atoms with van der Waals surface area (Å²) >= 11 is 0. The molecule has 1 heterocycles. The van der Waals surface area contributed by atoms with Crippen molar-refractivity contribution in [2.75, 3.05) is 0 Å². The van der Waals surface area contributed by atoms with Gasteiger partial charge in [0.25, 0.3) is 11.6 Å². The third-order valence-corrected chi connectivity index (χ3v) is 6.16. The zero-order valence-corrected chi connectivity index (χ0v) is 19.5. The first kappa shape index (κ1) is 24.5. The highest BCUT2D eigenvalue weighted by Crippen LogP contribution is 2.35. The van der Waals surface area contributed by atoms with Crippen LogP contribution in [-0.2, 0) is 6.42 Å². The smallest absolute Gasteiger partial charge is 0.317 e. The maximum Gasteiger partial charge on any atom is 0.317 e. The molecule has 0 aliphatic heterocycles.